The normalized spacial score (nSPS) is 11.5. The fraction of sp³-hybridized carbons (Fsp3) is 0.233. The van der Waals surface area contributed by atoms with E-state index in [1.165, 1.54) is 11.9 Å². The third-order valence-corrected chi connectivity index (χ3v) is 7.44. The number of benzene rings is 3. The largest absolute Gasteiger partial charge is 0.497 e. The van der Waals surface area contributed by atoms with E-state index in [2.05, 4.69) is 15.1 Å². The molecule has 0 aliphatic heterocycles. The predicted molar refractivity (Wildman–Crippen MR) is 156 cm³/mol. The molecule has 8 nitrogen and oxygen atoms in total. The second kappa shape index (κ2) is 13.0. The van der Waals surface area contributed by atoms with Crippen LogP contribution in [0.4, 0.5) is 10.5 Å². The van der Waals surface area contributed by atoms with Gasteiger partial charge in [-0.2, -0.15) is 5.10 Å². The van der Waals surface area contributed by atoms with E-state index in [9.17, 15) is 9.59 Å². The number of ether oxygens (including phenoxy) is 1. The minimum Gasteiger partial charge on any atom is -0.497 e. The molecule has 1 unspecified atom stereocenters. The van der Waals surface area contributed by atoms with Crippen LogP contribution in [0.15, 0.2) is 90.0 Å². The SMILES string of the molecule is CCN(C(=O)C(Cc1ccccc1)NC(=O)NSc1cccc(-c2ccnn2C)c1C)c1ccc(OC)cc1. The van der Waals surface area contributed by atoms with Crippen molar-refractivity contribution in [3.8, 4) is 17.0 Å². The first kappa shape index (κ1) is 27.8. The Morgan fingerprint density at radius 2 is 1.77 bits per heavy atom. The molecular formula is C30H33N5O3S. The summed E-state index contributed by atoms with van der Waals surface area (Å²) < 4.78 is 9.94. The van der Waals surface area contributed by atoms with E-state index in [0.29, 0.717) is 18.7 Å². The number of likely N-dealkylation sites (N-methyl/N-ethyl adjacent to an activating group) is 1. The van der Waals surface area contributed by atoms with Crippen LogP contribution < -0.4 is 19.7 Å². The Bertz CT molecular complexity index is 1410. The zero-order valence-corrected chi connectivity index (χ0v) is 23.4. The second-order valence-electron chi connectivity index (χ2n) is 8.97. The van der Waals surface area contributed by atoms with Gasteiger partial charge in [0.05, 0.1) is 12.8 Å². The van der Waals surface area contributed by atoms with Crippen molar-refractivity contribution >= 4 is 29.6 Å². The molecule has 2 N–H and O–H groups in total. The fourth-order valence-electron chi connectivity index (χ4n) is 4.40. The van der Waals surface area contributed by atoms with Crippen molar-refractivity contribution in [1.82, 2.24) is 19.8 Å². The van der Waals surface area contributed by atoms with Crippen LogP contribution in [-0.4, -0.2) is 41.4 Å². The summed E-state index contributed by atoms with van der Waals surface area (Å²) in [5.41, 5.74) is 4.75. The number of methoxy groups -OCH3 is 1. The molecule has 39 heavy (non-hydrogen) atoms. The quantitative estimate of drug-likeness (QED) is 0.263. The number of aryl methyl sites for hydroxylation is 1. The zero-order valence-electron chi connectivity index (χ0n) is 22.5. The summed E-state index contributed by atoms with van der Waals surface area (Å²) in [6.45, 7) is 4.38. The second-order valence-corrected chi connectivity index (χ2v) is 9.82. The van der Waals surface area contributed by atoms with E-state index < -0.39 is 12.1 Å². The molecule has 0 bridgehead atoms. The number of nitrogens with one attached hydrogen (secondary N) is 2. The van der Waals surface area contributed by atoms with Crippen molar-refractivity contribution in [1.29, 1.82) is 0 Å². The van der Waals surface area contributed by atoms with Crippen molar-refractivity contribution < 1.29 is 14.3 Å². The van der Waals surface area contributed by atoms with Gasteiger partial charge < -0.3 is 15.0 Å². The highest BCUT2D eigenvalue weighted by Crippen LogP contribution is 2.29. The molecule has 4 aromatic rings. The number of rotatable bonds is 10. The molecule has 1 aromatic heterocycles. The Labute approximate surface area is 233 Å². The van der Waals surface area contributed by atoms with Crippen molar-refractivity contribution in [3.05, 3.63) is 96.2 Å². The first-order valence-electron chi connectivity index (χ1n) is 12.7. The topological polar surface area (TPSA) is 88.5 Å². The molecule has 0 fully saturated rings. The Morgan fingerprint density at radius 1 is 1.03 bits per heavy atom. The lowest BCUT2D eigenvalue weighted by Crippen LogP contribution is -2.51. The monoisotopic (exact) mass is 543 g/mol. The number of carbonyl (C=O) groups excluding carboxylic acids is 2. The van der Waals surface area contributed by atoms with Crippen LogP contribution in [0, 0.1) is 6.92 Å². The molecule has 1 heterocycles. The maximum absolute atomic E-state index is 13.7. The molecule has 9 heteroatoms. The Kier molecular flexibility index (Phi) is 9.27. The summed E-state index contributed by atoms with van der Waals surface area (Å²) in [6, 6.07) is 23.7. The molecule has 0 radical (unpaired) electrons. The summed E-state index contributed by atoms with van der Waals surface area (Å²) >= 11 is 1.22. The fourth-order valence-corrected chi connectivity index (χ4v) is 5.07. The van der Waals surface area contributed by atoms with Gasteiger partial charge in [0, 0.05) is 42.4 Å². The molecule has 0 aliphatic carbocycles. The number of nitrogens with zero attached hydrogens (tertiary/aromatic N) is 3. The Balaban J connectivity index is 1.50. The Morgan fingerprint density at radius 3 is 2.41 bits per heavy atom. The molecule has 0 aliphatic rings. The van der Waals surface area contributed by atoms with Gasteiger partial charge in [0.15, 0.2) is 0 Å². The maximum atomic E-state index is 13.7. The van der Waals surface area contributed by atoms with Gasteiger partial charge in [-0.1, -0.05) is 42.5 Å². The minimum atomic E-state index is -0.767. The van der Waals surface area contributed by atoms with Crippen LogP contribution in [0.2, 0.25) is 0 Å². The van der Waals surface area contributed by atoms with Gasteiger partial charge in [-0.3, -0.25) is 14.2 Å². The lowest BCUT2D eigenvalue weighted by molar-refractivity contribution is -0.120. The summed E-state index contributed by atoms with van der Waals surface area (Å²) in [7, 11) is 3.50. The summed E-state index contributed by atoms with van der Waals surface area (Å²) in [6.07, 6.45) is 2.12. The summed E-state index contributed by atoms with van der Waals surface area (Å²) in [5, 5.41) is 7.17. The highest BCUT2D eigenvalue weighted by Gasteiger charge is 2.27. The molecule has 202 valence electrons. The lowest BCUT2D eigenvalue weighted by Gasteiger charge is -2.27. The third-order valence-electron chi connectivity index (χ3n) is 6.49. The lowest BCUT2D eigenvalue weighted by atomic mass is 10.0. The van der Waals surface area contributed by atoms with Crippen molar-refractivity contribution in [2.75, 3.05) is 18.6 Å². The highest BCUT2D eigenvalue weighted by molar-refractivity contribution is 7.98. The van der Waals surface area contributed by atoms with E-state index in [0.717, 1.165) is 33.0 Å². The molecule has 3 aromatic carbocycles. The van der Waals surface area contributed by atoms with Gasteiger partial charge in [0.2, 0.25) is 5.91 Å². The summed E-state index contributed by atoms with van der Waals surface area (Å²) in [4.78, 5) is 29.4. The molecular weight excluding hydrogens is 510 g/mol. The van der Waals surface area contributed by atoms with Crippen LogP contribution in [-0.2, 0) is 18.3 Å². The van der Waals surface area contributed by atoms with Crippen molar-refractivity contribution in [2.45, 2.75) is 31.2 Å². The average molecular weight is 544 g/mol. The third kappa shape index (κ3) is 6.80. The molecule has 1 atom stereocenters. The molecule has 4 rings (SSSR count). The van der Waals surface area contributed by atoms with Gasteiger partial charge in [0.1, 0.15) is 11.8 Å². The molecule has 0 saturated carbocycles. The first-order valence-corrected chi connectivity index (χ1v) is 13.5. The van der Waals surface area contributed by atoms with Gasteiger partial charge >= 0.3 is 6.03 Å². The van der Waals surface area contributed by atoms with Gasteiger partial charge in [-0.25, -0.2) is 4.79 Å². The van der Waals surface area contributed by atoms with E-state index >= 15 is 0 Å². The molecule has 0 spiro atoms. The number of aromatic nitrogens is 2. The number of hydrogen-bond acceptors (Lipinski definition) is 5. The van der Waals surface area contributed by atoms with Crippen LogP contribution in [0.25, 0.3) is 11.3 Å². The number of amides is 3. The standard InChI is InChI=1S/C30H33N5O3S/c1-5-35(23-14-16-24(38-4)17-15-23)29(36)26(20-22-10-7-6-8-11-22)32-30(37)33-39-28-13-9-12-25(21(28)2)27-18-19-31-34(27)3/h6-19,26H,5,20H2,1-4H3,(H2,32,33,37). The maximum Gasteiger partial charge on any atom is 0.325 e. The van der Waals surface area contributed by atoms with Crippen LogP contribution in [0.3, 0.4) is 0 Å². The van der Waals surface area contributed by atoms with Crippen LogP contribution >= 0.6 is 11.9 Å². The average Bonchev–Trinajstić information content (AvgIpc) is 3.38. The first-order chi connectivity index (χ1) is 18.9. The number of hydrogen-bond donors (Lipinski definition) is 2. The van der Waals surface area contributed by atoms with E-state index in [1.807, 2.05) is 104 Å². The van der Waals surface area contributed by atoms with Gasteiger partial charge in [-0.15, -0.1) is 0 Å². The molecule has 0 saturated heterocycles. The Hall–Kier alpha value is -4.24. The van der Waals surface area contributed by atoms with Gasteiger partial charge in [-0.05, 0) is 73.3 Å². The van der Waals surface area contributed by atoms with Crippen LogP contribution in [0.1, 0.15) is 18.1 Å². The number of urea groups is 1. The minimum absolute atomic E-state index is 0.193. The highest BCUT2D eigenvalue weighted by atomic mass is 32.2. The molecule has 3 amide bonds. The zero-order chi connectivity index (χ0) is 27.8. The van der Waals surface area contributed by atoms with E-state index in [-0.39, 0.29) is 5.91 Å². The number of anilines is 1. The van der Waals surface area contributed by atoms with Crippen molar-refractivity contribution in [3.63, 3.8) is 0 Å². The van der Waals surface area contributed by atoms with Crippen molar-refractivity contribution in [2.24, 2.45) is 7.05 Å². The van der Waals surface area contributed by atoms with Crippen LogP contribution in [0.5, 0.6) is 5.75 Å². The predicted octanol–water partition coefficient (Wildman–Crippen LogP) is 5.37. The van der Waals surface area contributed by atoms with E-state index in [4.69, 9.17) is 4.74 Å². The van der Waals surface area contributed by atoms with Gasteiger partial charge in [0.25, 0.3) is 0 Å². The number of carbonyl (C=O) groups is 2. The van der Waals surface area contributed by atoms with E-state index in [1.54, 1.807) is 18.2 Å². The summed E-state index contributed by atoms with van der Waals surface area (Å²) in [5.74, 6) is 0.515. The smallest absolute Gasteiger partial charge is 0.325 e.